The van der Waals surface area contributed by atoms with Gasteiger partial charge in [0.1, 0.15) is 29.3 Å². The Labute approximate surface area is 215 Å². The first-order valence-electron chi connectivity index (χ1n) is 11.3. The van der Waals surface area contributed by atoms with Crippen LogP contribution in [0.25, 0.3) is 23.0 Å². The summed E-state index contributed by atoms with van der Waals surface area (Å²) in [5.74, 6) is 0.191. The van der Waals surface area contributed by atoms with Crippen LogP contribution in [0.15, 0.2) is 71.6 Å². The lowest BCUT2D eigenvalue weighted by molar-refractivity contribution is -0.153. The first-order valence-corrected chi connectivity index (χ1v) is 11.3. The molecule has 1 saturated heterocycles. The number of hydrogen-bond acceptors (Lipinski definition) is 11. The number of barbiturate groups is 1. The van der Waals surface area contributed by atoms with E-state index in [2.05, 4.69) is 30.7 Å². The van der Waals surface area contributed by atoms with E-state index in [9.17, 15) is 14.4 Å². The lowest BCUT2D eigenvalue weighted by Gasteiger charge is -2.34. The van der Waals surface area contributed by atoms with Crippen LogP contribution in [0.4, 0.5) is 4.79 Å². The van der Waals surface area contributed by atoms with Crippen LogP contribution >= 0.6 is 0 Å². The Bertz CT molecular complexity index is 1440. The number of rotatable bonds is 9. The summed E-state index contributed by atoms with van der Waals surface area (Å²) < 4.78 is 21.9. The van der Waals surface area contributed by atoms with Gasteiger partial charge in [0, 0.05) is 25.3 Å². The zero-order chi connectivity index (χ0) is 26.5. The lowest BCUT2D eigenvalue weighted by Crippen LogP contribution is -2.69. The number of nitrogens with one attached hydrogen (secondary N) is 2. The Balaban J connectivity index is 1.26. The van der Waals surface area contributed by atoms with Crippen molar-refractivity contribution in [3.05, 3.63) is 67.1 Å². The number of amides is 4. The van der Waals surface area contributed by atoms with Crippen LogP contribution in [0.3, 0.4) is 0 Å². The molecule has 5 rings (SSSR count). The largest absolute Gasteiger partial charge is 0.467 e. The molecule has 38 heavy (non-hydrogen) atoms. The SMILES string of the molecule is COCCC1(Oc2ccc(Oc3ccc(-c4noc(-c5ccncn5)n4)cc3)cc2)C(=O)NC(=O)NC1=O. The summed E-state index contributed by atoms with van der Waals surface area (Å²) in [6.07, 6.45) is 2.89. The summed E-state index contributed by atoms with van der Waals surface area (Å²) in [4.78, 5) is 48.9. The number of urea groups is 1. The minimum Gasteiger partial charge on any atom is -0.467 e. The molecule has 0 radical (unpaired) electrons. The smallest absolute Gasteiger partial charge is 0.328 e. The van der Waals surface area contributed by atoms with Crippen LogP contribution in [0.1, 0.15) is 6.42 Å². The number of nitrogens with zero attached hydrogens (tertiary/aromatic N) is 4. The predicted octanol–water partition coefficient (Wildman–Crippen LogP) is 2.51. The first kappa shape index (κ1) is 24.5. The normalized spacial score (nSPS) is 14.5. The van der Waals surface area contributed by atoms with Gasteiger partial charge in [0.2, 0.25) is 5.82 Å². The number of ether oxygens (including phenoxy) is 3. The molecule has 1 aliphatic rings. The van der Waals surface area contributed by atoms with Crippen molar-refractivity contribution in [3.63, 3.8) is 0 Å². The highest BCUT2D eigenvalue weighted by Gasteiger charge is 2.52. The molecule has 192 valence electrons. The van der Waals surface area contributed by atoms with Crippen LogP contribution in [-0.4, -0.2) is 57.3 Å². The van der Waals surface area contributed by atoms with Crippen LogP contribution in [0.5, 0.6) is 17.2 Å². The summed E-state index contributed by atoms with van der Waals surface area (Å²) >= 11 is 0. The van der Waals surface area contributed by atoms with Crippen LogP contribution in [-0.2, 0) is 14.3 Å². The van der Waals surface area contributed by atoms with Crippen molar-refractivity contribution in [1.82, 2.24) is 30.7 Å². The molecule has 0 bridgehead atoms. The Hall–Kier alpha value is -5.17. The first-order chi connectivity index (χ1) is 18.5. The third-order valence-corrected chi connectivity index (χ3v) is 5.54. The third-order valence-electron chi connectivity index (χ3n) is 5.54. The van der Waals surface area contributed by atoms with Gasteiger partial charge in [0.05, 0.1) is 6.61 Å². The molecule has 2 aromatic heterocycles. The maximum Gasteiger partial charge on any atom is 0.328 e. The van der Waals surface area contributed by atoms with Crippen molar-refractivity contribution >= 4 is 17.8 Å². The number of benzene rings is 2. The van der Waals surface area contributed by atoms with E-state index < -0.39 is 23.4 Å². The zero-order valence-electron chi connectivity index (χ0n) is 19.9. The third kappa shape index (κ3) is 5.03. The molecular formula is C25H20N6O7. The van der Waals surface area contributed by atoms with E-state index in [4.69, 9.17) is 18.7 Å². The highest BCUT2D eigenvalue weighted by Crippen LogP contribution is 2.29. The van der Waals surface area contributed by atoms with E-state index in [1.165, 1.54) is 13.4 Å². The van der Waals surface area contributed by atoms with Crippen molar-refractivity contribution < 1.29 is 33.1 Å². The van der Waals surface area contributed by atoms with Crippen molar-refractivity contribution in [2.75, 3.05) is 13.7 Å². The van der Waals surface area contributed by atoms with Gasteiger partial charge < -0.3 is 18.7 Å². The monoisotopic (exact) mass is 516 g/mol. The molecule has 3 heterocycles. The van der Waals surface area contributed by atoms with E-state index in [1.807, 2.05) is 0 Å². The molecule has 13 heteroatoms. The molecule has 2 N–H and O–H groups in total. The highest BCUT2D eigenvalue weighted by atomic mass is 16.5. The van der Waals surface area contributed by atoms with Gasteiger partial charge in [-0.3, -0.25) is 20.2 Å². The molecule has 2 aromatic carbocycles. The fourth-order valence-corrected chi connectivity index (χ4v) is 3.61. The second-order valence-corrected chi connectivity index (χ2v) is 8.02. The van der Waals surface area contributed by atoms with Crippen molar-refractivity contribution in [3.8, 4) is 40.2 Å². The molecule has 0 unspecified atom stereocenters. The molecule has 4 amide bonds. The van der Waals surface area contributed by atoms with Crippen LogP contribution in [0.2, 0.25) is 0 Å². The van der Waals surface area contributed by atoms with E-state index in [-0.39, 0.29) is 24.7 Å². The zero-order valence-corrected chi connectivity index (χ0v) is 19.9. The molecule has 0 saturated carbocycles. The summed E-state index contributed by atoms with van der Waals surface area (Å²) in [5.41, 5.74) is -0.715. The summed E-state index contributed by atoms with van der Waals surface area (Å²) in [6, 6.07) is 14.1. The molecule has 0 atom stereocenters. The lowest BCUT2D eigenvalue weighted by atomic mass is 9.95. The second kappa shape index (κ2) is 10.4. The van der Waals surface area contributed by atoms with Crippen LogP contribution < -0.4 is 20.1 Å². The number of carbonyl (C=O) groups excluding carboxylic acids is 3. The Morgan fingerprint density at radius 3 is 2.18 bits per heavy atom. The average molecular weight is 516 g/mol. The fourth-order valence-electron chi connectivity index (χ4n) is 3.61. The molecule has 1 aliphatic heterocycles. The molecule has 0 spiro atoms. The van der Waals surface area contributed by atoms with E-state index in [0.29, 0.717) is 28.6 Å². The number of methoxy groups -OCH3 is 1. The summed E-state index contributed by atoms with van der Waals surface area (Å²) in [6.45, 7) is 0.0536. The van der Waals surface area contributed by atoms with Gasteiger partial charge in [0.25, 0.3) is 23.3 Å². The molecule has 1 fully saturated rings. The van der Waals surface area contributed by atoms with Gasteiger partial charge in [-0.15, -0.1) is 0 Å². The Kier molecular flexibility index (Phi) is 6.74. The predicted molar refractivity (Wildman–Crippen MR) is 129 cm³/mol. The molecular weight excluding hydrogens is 496 g/mol. The van der Waals surface area contributed by atoms with Crippen molar-refractivity contribution in [2.24, 2.45) is 0 Å². The Morgan fingerprint density at radius 2 is 1.55 bits per heavy atom. The number of hydrogen-bond donors (Lipinski definition) is 2. The molecule has 13 nitrogen and oxygen atoms in total. The summed E-state index contributed by atoms with van der Waals surface area (Å²) in [7, 11) is 1.43. The minimum absolute atomic E-state index is 0.0536. The summed E-state index contributed by atoms with van der Waals surface area (Å²) in [5, 5.41) is 8.12. The minimum atomic E-state index is -1.95. The van der Waals surface area contributed by atoms with E-state index >= 15 is 0 Å². The average Bonchev–Trinajstić information content (AvgIpc) is 3.42. The molecule has 0 aliphatic carbocycles. The topological polar surface area (TPSA) is 168 Å². The van der Waals surface area contributed by atoms with Gasteiger partial charge in [-0.05, 0) is 54.6 Å². The van der Waals surface area contributed by atoms with Gasteiger partial charge >= 0.3 is 6.03 Å². The molecule has 4 aromatic rings. The maximum absolute atomic E-state index is 12.5. The highest BCUT2D eigenvalue weighted by molar-refractivity contribution is 6.21. The number of imide groups is 2. The second-order valence-electron chi connectivity index (χ2n) is 8.02. The van der Waals surface area contributed by atoms with Crippen LogP contribution in [0, 0.1) is 0 Å². The van der Waals surface area contributed by atoms with Crippen molar-refractivity contribution in [2.45, 2.75) is 12.0 Å². The number of carbonyl (C=O) groups is 3. The fraction of sp³-hybridized carbons (Fsp3) is 0.160. The standard InChI is InChI=1S/C25H20N6O7/c1-35-13-11-25(22(32)29-24(34)30-23(25)33)37-18-8-6-17(7-9-18)36-16-4-2-15(3-5-16)20-28-21(38-31-20)19-10-12-26-14-27-19/h2-10,12,14H,11,13H2,1H3,(H2,29,30,32,33,34). The van der Waals surface area contributed by atoms with E-state index in [0.717, 1.165) is 0 Å². The number of aromatic nitrogens is 4. The van der Waals surface area contributed by atoms with Gasteiger partial charge in [0.15, 0.2) is 0 Å². The van der Waals surface area contributed by atoms with E-state index in [1.54, 1.807) is 60.8 Å². The Morgan fingerprint density at radius 1 is 0.895 bits per heavy atom. The quantitative estimate of drug-likeness (QED) is 0.314. The van der Waals surface area contributed by atoms with Gasteiger partial charge in [-0.2, -0.15) is 4.98 Å². The van der Waals surface area contributed by atoms with Gasteiger partial charge in [-0.1, -0.05) is 5.16 Å². The maximum atomic E-state index is 12.5. The van der Waals surface area contributed by atoms with Crippen molar-refractivity contribution in [1.29, 1.82) is 0 Å². The van der Waals surface area contributed by atoms with Gasteiger partial charge in [-0.25, -0.2) is 14.8 Å².